The lowest BCUT2D eigenvalue weighted by Crippen LogP contribution is -2.68. The number of aliphatic hydroxyl groups is 1. The van der Waals surface area contributed by atoms with Gasteiger partial charge >= 0.3 is 11.4 Å². The number of nitrogens with zero attached hydrogens (tertiary/aromatic N) is 4. The van der Waals surface area contributed by atoms with Crippen molar-refractivity contribution < 1.29 is 48.5 Å². The Labute approximate surface area is 398 Å². The van der Waals surface area contributed by atoms with Gasteiger partial charge in [0.25, 0.3) is 29.5 Å². The topological polar surface area (TPSA) is 579 Å². The SMILES string of the molecule is COc1ccc(CN(c2c([N+](=O)[O-])cc(C#N)cc2[N+](=O)[O-])C(O)C(=O)NC(C(=O)NC(NC(=N)N)C(=O)NC(NC(=N)N)C(=O)NC(NC(=N)N)C(=O)NC(NC(=N)N)C(N)=O)c2ccccc2)cc1. The Morgan fingerprint density at radius 2 is 1.06 bits per heavy atom. The number of primary amides is 1. The Kier molecular flexibility index (Phi) is 19.1. The lowest BCUT2D eigenvalue weighted by atomic mass is 10.1. The van der Waals surface area contributed by atoms with Gasteiger partial charge in [0, 0.05) is 18.7 Å². The molecule has 0 heterocycles. The summed E-state index contributed by atoms with van der Waals surface area (Å²) in [7, 11) is 1.35. The summed E-state index contributed by atoms with van der Waals surface area (Å²) in [6.45, 7) is -0.663. The van der Waals surface area contributed by atoms with Gasteiger partial charge < -0.3 is 91.3 Å². The molecule has 0 fully saturated rings. The predicted octanol–water partition coefficient (Wildman–Crippen LogP) is -6.25. The number of amides is 6. The van der Waals surface area contributed by atoms with E-state index in [-0.39, 0.29) is 11.1 Å². The number of aliphatic hydroxyl groups excluding tert-OH is 1. The van der Waals surface area contributed by atoms with Crippen LogP contribution in [0.25, 0.3) is 0 Å². The standard InChI is InChI=1S/C37H46N22O12/c1-71-18-9-7-15(8-10-18)14-57(22-19(58(67)68)11-16(13-38)12-20(22)59(69)70)33(66)32(65)48-21(17-5-3-2-4-6-17)28(61)50-25(54-35(42)43)30(63)52-27(56-37(46)47)31(64)51-26(55-36(44)45)29(62)49-24(23(39)60)53-34(40)41/h2-12,21,24-27,33,66H,14H2,1H3,(H2,39,60)(H,48,65)(H,49,62)(H,50,61)(H,51,64)(H,52,63)(H4,40,41,53)(H4,42,43,54)(H4,44,45,55)(H4,46,47,56). The molecular weight excluding hydrogens is 945 g/mol. The number of ether oxygens (including phenoxy) is 1. The van der Waals surface area contributed by atoms with Crippen LogP contribution in [0.1, 0.15) is 22.7 Å². The van der Waals surface area contributed by atoms with Crippen molar-refractivity contribution in [2.24, 2.45) is 28.7 Å². The van der Waals surface area contributed by atoms with Crippen molar-refractivity contribution in [3.8, 4) is 11.8 Å². The Morgan fingerprint density at radius 3 is 1.44 bits per heavy atom. The van der Waals surface area contributed by atoms with Crippen LogP contribution in [0.5, 0.6) is 5.75 Å². The Morgan fingerprint density at radius 1 is 0.648 bits per heavy atom. The molecule has 0 aliphatic heterocycles. The lowest BCUT2D eigenvalue weighted by Gasteiger charge is -2.30. The van der Waals surface area contributed by atoms with Crippen LogP contribution >= 0.6 is 0 Å². The molecule has 0 aromatic heterocycles. The number of nitrogens with one attached hydrogen (secondary N) is 13. The summed E-state index contributed by atoms with van der Waals surface area (Å²) in [5.41, 5.74) is 23.2. The Balaban J connectivity index is 2.05. The number of hydrogen-bond donors (Lipinski definition) is 19. The van der Waals surface area contributed by atoms with Crippen LogP contribution in [0.15, 0.2) is 66.7 Å². The Bertz CT molecular complexity index is 2590. The summed E-state index contributed by atoms with van der Waals surface area (Å²) in [5, 5.41) is 94.8. The van der Waals surface area contributed by atoms with Crippen molar-refractivity contribution in [2.75, 3.05) is 12.0 Å². The first-order valence-electron chi connectivity index (χ1n) is 19.6. The van der Waals surface area contributed by atoms with Crippen molar-refractivity contribution in [3.05, 3.63) is 104 Å². The van der Waals surface area contributed by atoms with Gasteiger partial charge in [-0.25, -0.2) is 0 Å². The molecule has 6 atom stereocenters. The van der Waals surface area contributed by atoms with Gasteiger partial charge in [0.05, 0.1) is 28.6 Å². The molecule has 3 aromatic carbocycles. The first-order chi connectivity index (χ1) is 33.4. The van der Waals surface area contributed by atoms with Crippen molar-refractivity contribution in [1.82, 2.24) is 47.9 Å². The molecule has 376 valence electrons. The molecule has 0 radical (unpaired) electrons. The van der Waals surface area contributed by atoms with Crippen LogP contribution in [0.2, 0.25) is 0 Å². The largest absolute Gasteiger partial charge is 0.497 e. The van der Waals surface area contributed by atoms with Gasteiger partial charge in [-0.2, -0.15) is 5.26 Å². The zero-order valence-corrected chi connectivity index (χ0v) is 36.6. The minimum atomic E-state index is -2.62. The lowest BCUT2D eigenvalue weighted by molar-refractivity contribution is -0.392. The third-order valence-corrected chi connectivity index (χ3v) is 9.02. The highest BCUT2D eigenvalue weighted by atomic mass is 16.6. The van der Waals surface area contributed by atoms with Crippen LogP contribution in [0, 0.1) is 53.2 Å². The molecule has 0 aliphatic carbocycles. The molecule has 71 heavy (non-hydrogen) atoms. The van der Waals surface area contributed by atoms with Crippen LogP contribution in [-0.2, 0) is 35.3 Å². The van der Waals surface area contributed by atoms with Gasteiger partial charge in [0.2, 0.25) is 12.1 Å². The van der Waals surface area contributed by atoms with Crippen molar-refractivity contribution in [3.63, 3.8) is 0 Å². The highest BCUT2D eigenvalue weighted by Crippen LogP contribution is 2.40. The maximum absolute atomic E-state index is 14.2. The fraction of sp³-hybridized carbons (Fsp3) is 0.216. The fourth-order valence-corrected chi connectivity index (χ4v) is 5.97. The number of benzene rings is 3. The Hall–Kier alpha value is -10.6. The summed E-state index contributed by atoms with van der Waals surface area (Å²) < 4.78 is 5.14. The van der Waals surface area contributed by atoms with Crippen LogP contribution in [0.4, 0.5) is 17.1 Å². The monoisotopic (exact) mass is 990 g/mol. The molecule has 3 aromatic rings. The number of carbonyl (C=O) groups excluding carboxylic acids is 6. The van der Waals surface area contributed by atoms with Crippen LogP contribution in [0.3, 0.4) is 0 Å². The maximum Gasteiger partial charge on any atom is 0.301 e. The number of nitrogens with two attached hydrogens (primary N) is 5. The van der Waals surface area contributed by atoms with Gasteiger partial charge in [0.15, 0.2) is 54.2 Å². The van der Waals surface area contributed by atoms with E-state index in [1.807, 2.05) is 31.9 Å². The number of hydrogen-bond acceptors (Lipinski definition) is 18. The van der Waals surface area contributed by atoms with E-state index in [0.717, 1.165) is 0 Å². The summed E-state index contributed by atoms with van der Waals surface area (Å²) >= 11 is 0. The van der Waals surface area contributed by atoms with Crippen molar-refractivity contribution in [2.45, 2.75) is 43.5 Å². The first-order valence-corrected chi connectivity index (χ1v) is 19.6. The minimum Gasteiger partial charge on any atom is -0.497 e. The molecule has 0 saturated carbocycles. The highest BCUT2D eigenvalue weighted by molar-refractivity contribution is 6.00. The number of rotatable bonds is 23. The van der Waals surface area contributed by atoms with Crippen LogP contribution < -0.4 is 86.2 Å². The first kappa shape index (κ1) is 54.7. The van der Waals surface area contributed by atoms with Gasteiger partial charge in [-0.3, -0.25) is 70.6 Å². The summed E-state index contributed by atoms with van der Waals surface area (Å²) in [6, 6.07) is 13.5. The molecule has 0 saturated heterocycles. The number of methoxy groups -OCH3 is 1. The molecular formula is C37H46N22O12. The van der Waals surface area contributed by atoms with E-state index >= 15 is 0 Å². The van der Waals surface area contributed by atoms with Crippen molar-refractivity contribution in [1.29, 1.82) is 26.9 Å². The third-order valence-electron chi connectivity index (χ3n) is 9.02. The second-order valence-corrected chi connectivity index (χ2v) is 14.1. The van der Waals surface area contributed by atoms with Gasteiger partial charge in [-0.1, -0.05) is 42.5 Å². The molecule has 6 unspecified atom stereocenters. The summed E-state index contributed by atoms with van der Waals surface area (Å²) in [6.07, 6.45) is -10.9. The molecule has 0 bridgehead atoms. The fourth-order valence-electron chi connectivity index (χ4n) is 5.97. The molecule has 0 aliphatic rings. The zero-order valence-electron chi connectivity index (χ0n) is 36.6. The molecule has 34 heteroatoms. The second-order valence-electron chi connectivity index (χ2n) is 14.1. The molecule has 0 spiro atoms. The second kappa shape index (κ2) is 24.8. The third kappa shape index (κ3) is 15.8. The van der Waals surface area contributed by atoms with E-state index in [9.17, 15) is 59.4 Å². The van der Waals surface area contributed by atoms with Gasteiger partial charge in [0.1, 0.15) is 11.8 Å². The molecule has 6 amide bonds. The zero-order chi connectivity index (χ0) is 53.3. The van der Waals surface area contributed by atoms with E-state index in [1.165, 1.54) is 61.7 Å². The summed E-state index contributed by atoms with van der Waals surface area (Å²) in [5.74, 6) is -11.8. The molecule has 3 rings (SSSR count). The van der Waals surface area contributed by atoms with Gasteiger partial charge in [-0.15, -0.1) is 0 Å². The smallest absolute Gasteiger partial charge is 0.301 e. The summed E-state index contributed by atoms with van der Waals surface area (Å²) in [4.78, 5) is 104. The number of anilines is 1. The normalized spacial score (nSPS) is 12.9. The number of guanidine groups is 4. The van der Waals surface area contributed by atoms with E-state index < -0.39 is 135 Å². The number of carbonyl (C=O) groups is 6. The number of nitro benzene ring substituents is 2. The highest BCUT2D eigenvalue weighted by Gasteiger charge is 2.39. The average Bonchev–Trinajstić information content (AvgIpc) is 3.30. The average molecular weight is 991 g/mol. The van der Waals surface area contributed by atoms with E-state index in [1.54, 1.807) is 6.07 Å². The number of nitro groups is 2. The molecule has 24 N–H and O–H groups in total. The van der Waals surface area contributed by atoms with Gasteiger partial charge in [-0.05, 0) is 23.3 Å². The maximum atomic E-state index is 14.2. The van der Waals surface area contributed by atoms with E-state index in [2.05, 4.69) is 16.0 Å². The number of nitriles is 1. The van der Waals surface area contributed by atoms with E-state index in [0.29, 0.717) is 22.8 Å². The van der Waals surface area contributed by atoms with E-state index in [4.69, 9.17) is 55.0 Å². The van der Waals surface area contributed by atoms with Crippen molar-refractivity contribution >= 4 is 76.3 Å². The predicted molar refractivity (Wildman–Crippen MR) is 244 cm³/mol. The van der Waals surface area contributed by atoms with Crippen LogP contribution in [-0.4, -0.2) is 112 Å². The minimum absolute atomic E-state index is 0.0700. The molecule has 34 nitrogen and oxygen atoms in total. The quantitative estimate of drug-likeness (QED) is 0.0138.